The van der Waals surface area contributed by atoms with Gasteiger partial charge in [-0.1, -0.05) is 24.6 Å². The summed E-state index contributed by atoms with van der Waals surface area (Å²) >= 11 is 0. The molecule has 0 heterocycles. The third-order valence-corrected chi connectivity index (χ3v) is 8.70. The molecule has 4 rings (SSSR count). The molecule has 4 aliphatic rings. The molecule has 4 aliphatic carbocycles. The first-order chi connectivity index (χ1) is 15.4. The van der Waals surface area contributed by atoms with Gasteiger partial charge < -0.3 is 9.47 Å². The summed E-state index contributed by atoms with van der Waals surface area (Å²) in [5, 5.41) is 0. The summed E-state index contributed by atoms with van der Waals surface area (Å²) in [6.07, 6.45) is 11.1. The maximum Gasteiger partial charge on any atom is 0.311 e. The molecule has 5 nitrogen and oxygen atoms in total. The number of hydrogen-bond donors (Lipinski definition) is 0. The highest BCUT2D eigenvalue weighted by molar-refractivity contribution is 5.92. The average Bonchev–Trinajstić information content (AvgIpc) is 3.12. The minimum atomic E-state index is -0.559. The molecule has 0 radical (unpaired) electrons. The van der Waals surface area contributed by atoms with Gasteiger partial charge in [-0.3, -0.25) is 14.4 Å². The van der Waals surface area contributed by atoms with E-state index in [1.54, 1.807) is 0 Å². The second-order valence-electron chi connectivity index (χ2n) is 11.8. The monoisotopic (exact) mass is 454 g/mol. The van der Waals surface area contributed by atoms with Gasteiger partial charge in [-0.15, -0.1) is 0 Å². The number of ketones is 1. The Labute approximate surface area is 197 Å². The molecule has 0 aromatic heterocycles. The topological polar surface area (TPSA) is 69.7 Å². The van der Waals surface area contributed by atoms with Crippen LogP contribution in [0.3, 0.4) is 0 Å². The van der Waals surface area contributed by atoms with Crippen molar-refractivity contribution in [1.82, 2.24) is 0 Å². The molecule has 1 saturated carbocycles. The molecule has 0 bridgehead atoms. The van der Waals surface area contributed by atoms with Crippen LogP contribution < -0.4 is 0 Å². The molecule has 0 aliphatic heterocycles. The van der Waals surface area contributed by atoms with Gasteiger partial charge in [-0.2, -0.15) is 0 Å². The van der Waals surface area contributed by atoms with Gasteiger partial charge in [0.25, 0.3) is 0 Å². The van der Waals surface area contributed by atoms with Crippen molar-refractivity contribution >= 4 is 17.7 Å². The zero-order valence-electron chi connectivity index (χ0n) is 21.0. The number of esters is 2. The summed E-state index contributed by atoms with van der Waals surface area (Å²) in [5.41, 5.74) is 3.00. The first-order valence-electron chi connectivity index (χ1n) is 12.4. The predicted octanol–water partition coefficient (Wildman–Crippen LogP) is 5.50. The minimum Gasteiger partial charge on any atom is -0.465 e. The van der Waals surface area contributed by atoms with Crippen LogP contribution in [0.25, 0.3) is 0 Å². The molecule has 0 aromatic rings. The number of carbonyl (C=O) groups excluding carboxylic acids is 3. The van der Waals surface area contributed by atoms with Crippen LogP contribution in [0.5, 0.6) is 0 Å². The van der Waals surface area contributed by atoms with Gasteiger partial charge in [0.15, 0.2) is 5.78 Å². The molecular formula is C28H38O5. The van der Waals surface area contributed by atoms with E-state index in [-0.39, 0.29) is 40.6 Å². The van der Waals surface area contributed by atoms with Crippen molar-refractivity contribution in [3.63, 3.8) is 0 Å². The zero-order chi connectivity index (χ0) is 24.2. The molecule has 0 saturated heterocycles. The molecule has 5 heteroatoms. The second kappa shape index (κ2) is 8.25. The van der Waals surface area contributed by atoms with E-state index in [2.05, 4.69) is 19.1 Å². The van der Waals surface area contributed by atoms with Gasteiger partial charge in [0.05, 0.1) is 5.41 Å². The highest BCUT2D eigenvalue weighted by atomic mass is 16.5. The molecule has 0 spiro atoms. The van der Waals surface area contributed by atoms with Crippen molar-refractivity contribution in [2.75, 3.05) is 6.61 Å². The van der Waals surface area contributed by atoms with Crippen molar-refractivity contribution in [3.8, 4) is 0 Å². The summed E-state index contributed by atoms with van der Waals surface area (Å²) in [6.45, 7) is 11.7. The summed E-state index contributed by atoms with van der Waals surface area (Å²) in [4.78, 5) is 36.6. The lowest BCUT2D eigenvalue weighted by atomic mass is 9.53. The lowest BCUT2D eigenvalue weighted by molar-refractivity contribution is -0.165. The highest BCUT2D eigenvalue weighted by Gasteiger charge is 2.56. The molecule has 33 heavy (non-hydrogen) atoms. The second-order valence-corrected chi connectivity index (χ2v) is 11.8. The Morgan fingerprint density at radius 2 is 1.88 bits per heavy atom. The number of hydrogen-bond acceptors (Lipinski definition) is 5. The Kier molecular flexibility index (Phi) is 5.99. The normalized spacial score (nSPS) is 34.1. The maximum absolute atomic E-state index is 12.7. The van der Waals surface area contributed by atoms with Gasteiger partial charge in [-0.05, 0) is 88.4 Å². The molecule has 0 N–H and O–H groups in total. The first kappa shape index (κ1) is 24.0. The van der Waals surface area contributed by atoms with Crippen molar-refractivity contribution < 1.29 is 23.9 Å². The average molecular weight is 455 g/mol. The van der Waals surface area contributed by atoms with Gasteiger partial charge in [0.2, 0.25) is 0 Å². The standard InChI is InChI=1S/C28H38O5/c1-17(33-25(31)26(3,4)5)22-9-10-24-21-8-7-19-15-20(30)11-13-27(19,6)23(21)12-14-28(22,24)16-32-18(2)29/h7-8,15,17,22-23H,9-14,16H2,1-6H3/t17?,22-,23+,27+,28+/m1/s1. The Hall–Kier alpha value is -2.17. The van der Waals surface area contributed by atoms with Crippen molar-refractivity contribution in [2.24, 2.45) is 28.1 Å². The van der Waals surface area contributed by atoms with E-state index in [9.17, 15) is 14.4 Å². The molecule has 180 valence electrons. The SMILES string of the molecule is CC(=O)OC[C@]12CC[C@H]3C(=C1CC[C@@H]2C(C)OC(=O)C(C)(C)C)C=CC1=CC(=O)CC[C@@]13C. The molecule has 5 atom stereocenters. The van der Waals surface area contributed by atoms with Crippen LogP contribution in [0.1, 0.15) is 80.1 Å². The van der Waals surface area contributed by atoms with Crippen LogP contribution >= 0.6 is 0 Å². The number of ether oxygens (including phenoxy) is 2. The van der Waals surface area contributed by atoms with Crippen molar-refractivity contribution in [1.29, 1.82) is 0 Å². The molecular weight excluding hydrogens is 416 g/mol. The molecule has 1 fully saturated rings. The minimum absolute atomic E-state index is 0.0268. The lowest BCUT2D eigenvalue weighted by Gasteiger charge is -2.51. The summed E-state index contributed by atoms with van der Waals surface area (Å²) < 4.78 is 11.6. The first-order valence-corrected chi connectivity index (χ1v) is 12.4. The van der Waals surface area contributed by atoms with E-state index in [1.165, 1.54) is 18.1 Å². The third kappa shape index (κ3) is 4.02. The number of rotatable bonds is 4. The quantitative estimate of drug-likeness (QED) is 0.525. The van der Waals surface area contributed by atoms with E-state index >= 15 is 0 Å². The van der Waals surface area contributed by atoms with Gasteiger partial charge in [0, 0.05) is 24.7 Å². The van der Waals surface area contributed by atoms with Gasteiger partial charge >= 0.3 is 11.9 Å². The fourth-order valence-corrected chi connectivity index (χ4v) is 6.80. The molecule has 0 amide bonds. The third-order valence-electron chi connectivity index (χ3n) is 8.70. The smallest absolute Gasteiger partial charge is 0.311 e. The van der Waals surface area contributed by atoms with Crippen LogP contribution in [-0.4, -0.2) is 30.4 Å². The number of fused-ring (bicyclic) bond motifs is 4. The summed E-state index contributed by atoms with van der Waals surface area (Å²) in [5.74, 6) is 0.229. The predicted molar refractivity (Wildman–Crippen MR) is 126 cm³/mol. The molecule has 1 unspecified atom stereocenters. The van der Waals surface area contributed by atoms with Gasteiger partial charge in [-0.25, -0.2) is 0 Å². The largest absolute Gasteiger partial charge is 0.465 e. The van der Waals surface area contributed by atoms with E-state index in [0.29, 0.717) is 18.9 Å². The maximum atomic E-state index is 12.7. The highest BCUT2D eigenvalue weighted by Crippen LogP contribution is 2.63. The molecule has 0 aromatic carbocycles. The number of carbonyl (C=O) groups is 3. The Balaban J connectivity index is 1.74. The summed E-state index contributed by atoms with van der Waals surface area (Å²) in [7, 11) is 0. The van der Waals surface area contributed by atoms with E-state index in [0.717, 1.165) is 37.7 Å². The van der Waals surface area contributed by atoms with E-state index in [1.807, 2.05) is 33.8 Å². The van der Waals surface area contributed by atoms with E-state index < -0.39 is 5.41 Å². The van der Waals surface area contributed by atoms with Crippen molar-refractivity contribution in [3.05, 3.63) is 34.9 Å². The Morgan fingerprint density at radius 3 is 2.55 bits per heavy atom. The van der Waals surface area contributed by atoms with Crippen LogP contribution in [0.2, 0.25) is 0 Å². The Morgan fingerprint density at radius 1 is 1.15 bits per heavy atom. The van der Waals surface area contributed by atoms with Crippen molar-refractivity contribution in [2.45, 2.75) is 86.2 Å². The van der Waals surface area contributed by atoms with Gasteiger partial charge in [0.1, 0.15) is 12.7 Å². The van der Waals surface area contributed by atoms with Crippen LogP contribution in [0.15, 0.2) is 34.9 Å². The summed E-state index contributed by atoms with van der Waals surface area (Å²) in [6, 6.07) is 0. The van der Waals surface area contributed by atoms with Crippen LogP contribution in [0, 0.1) is 28.1 Å². The van der Waals surface area contributed by atoms with Crippen LogP contribution in [-0.2, 0) is 23.9 Å². The van der Waals surface area contributed by atoms with E-state index in [4.69, 9.17) is 9.47 Å². The number of allylic oxidation sites excluding steroid dienone is 5. The Bertz CT molecular complexity index is 961. The fourth-order valence-electron chi connectivity index (χ4n) is 6.80. The fraction of sp³-hybridized carbons (Fsp3) is 0.679. The van der Waals surface area contributed by atoms with Crippen LogP contribution in [0.4, 0.5) is 0 Å². The lowest BCUT2D eigenvalue weighted by Crippen LogP contribution is -2.46. The zero-order valence-corrected chi connectivity index (χ0v) is 21.0.